The van der Waals surface area contributed by atoms with Crippen molar-refractivity contribution in [2.24, 2.45) is 0 Å². The van der Waals surface area contributed by atoms with Crippen LogP contribution in [0.3, 0.4) is 0 Å². The van der Waals surface area contributed by atoms with Crippen molar-refractivity contribution in [3.05, 3.63) is 39.3 Å². The first-order valence-corrected chi connectivity index (χ1v) is 6.74. The number of H-pyrrole nitrogens is 1. The maximum Gasteiger partial charge on any atom is 0.346 e. The van der Waals surface area contributed by atoms with E-state index in [9.17, 15) is 9.59 Å². The van der Waals surface area contributed by atoms with Crippen LogP contribution in [0, 0.1) is 13.8 Å². The smallest absolute Gasteiger partial charge is 0.346 e. The van der Waals surface area contributed by atoms with Crippen LogP contribution in [0.15, 0.2) is 20.4 Å². The molecule has 0 unspecified atom stereocenters. The van der Waals surface area contributed by atoms with Gasteiger partial charge in [0, 0.05) is 17.5 Å². The van der Waals surface area contributed by atoms with Gasteiger partial charge in [-0.15, -0.1) is 0 Å². The van der Waals surface area contributed by atoms with Gasteiger partial charge in [-0.25, -0.2) is 9.59 Å². The molecular weight excluding hydrogens is 282 g/mol. The van der Waals surface area contributed by atoms with E-state index in [1.807, 2.05) is 0 Å². The average Bonchev–Trinajstić information content (AvgIpc) is 2.81. The lowest BCUT2D eigenvalue weighted by Gasteiger charge is -2.07. The Kier molecular flexibility index (Phi) is 4.23. The molecule has 0 bridgehead atoms. The fourth-order valence-corrected chi connectivity index (χ4v) is 2.58. The molecule has 0 spiro atoms. The molecule has 0 saturated heterocycles. The van der Waals surface area contributed by atoms with E-state index in [4.69, 9.17) is 9.26 Å². The Hall–Kier alpha value is -2.09. The van der Waals surface area contributed by atoms with Gasteiger partial charge in [0.2, 0.25) is 0 Å². The van der Waals surface area contributed by atoms with E-state index in [2.05, 4.69) is 15.1 Å². The van der Waals surface area contributed by atoms with Gasteiger partial charge < -0.3 is 14.2 Å². The molecule has 0 atom stereocenters. The number of hydrogen-bond donors (Lipinski definition) is 1. The van der Waals surface area contributed by atoms with Crippen LogP contribution in [0.5, 0.6) is 0 Å². The molecule has 7 nitrogen and oxygen atoms in total. The zero-order valence-corrected chi connectivity index (χ0v) is 12.0. The fraction of sp³-hybridized carbons (Fsp3) is 0.333. The van der Waals surface area contributed by atoms with Crippen molar-refractivity contribution >= 4 is 17.7 Å². The molecule has 2 aromatic heterocycles. The van der Waals surface area contributed by atoms with Crippen LogP contribution >= 0.6 is 11.8 Å². The fourth-order valence-electron chi connectivity index (χ4n) is 1.63. The summed E-state index contributed by atoms with van der Waals surface area (Å²) in [5.41, 5.74) is 0.894. The average molecular weight is 295 g/mol. The Labute approximate surface area is 118 Å². The Morgan fingerprint density at radius 2 is 2.25 bits per heavy atom. The summed E-state index contributed by atoms with van der Waals surface area (Å²) in [6.45, 7) is 3.41. The molecule has 1 N–H and O–H groups in total. The molecule has 0 saturated carbocycles. The molecule has 0 amide bonds. The first-order valence-electron chi connectivity index (χ1n) is 5.75. The molecule has 8 heteroatoms. The van der Waals surface area contributed by atoms with E-state index in [0.29, 0.717) is 27.9 Å². The van der Waals surface area contributed by atoms with Crippen molar-refractivity contribution in [2.75, 3.05) is 7.11 Å². The van der Waals surface area contributed by atoms with E-state index >= 15 is 0 Å². The summed E-state index contributed by atoms with van der Waals surface area (Å²) in [6, 6.07) is 1.78. The highest BCUT2D eigenvalue weighted by molar-refractivity contribution is 7.98. The molecule has 20 heavy (non-hydrogen) atoms. The minimum Gasteiger partial charge on any atom is -0.465 e. The summed E-state index contributed by atoms with van der Waals surface area (Å²) < 4.78 is 9.66. The minimum absolute atomic E-state index is 0.261. The lowest BCUT2D eigenvalue weighted by molar-refractivity contribution is 0.0594. The molecule has 0 aliphatic carbocycles. The number of rotatable bonds is 4. The van der Waals surface area contributed by atoms with E-state index < -0.39 is 11.7 Å². The maximum absolute atomic E-state index is 11.8. The number of methoxy groups -OCH3 is 1. The third-order valence-corrected chi connectivity index (χ3v) is 3.52. The van der Waals surface area contributed by atoms with Crippen molar-refractivity contribution in [1.82, 2.24) is 15.1 Å². The van der Waals surface area contributed by atoms with Gasteiger partial charge >= 0.3 is 11.7 Å². The normalized spacial score (nSPS) is 10.6. The highest BCUT2D eigenvalue weighted by Crippen LogP contribution is 2.25. The number of thioether (sulfide) groups is 1. The number of nitrogens with one attached hydrogen (secondary N) is 1. The zero-order valence-electron chi connectivity index (χ0n) is 11.2. The quantitative estimate of drug-likeness (QED) is 0.518. The molecule has 2 heterocycles. The van der Waals surface area contributed by atoms with Gasteiger partial charge in [0.15, 0.2) is 0 Å². The highest BCUT2D eigenvalue weighted by Gasteiger charge is 2.18. The van der Waals surface area contributed by atoms with Crippen LogP contribution in [-0.4, -0.2) is 28.2 Å². The molecule has 0 aliphatic heterocycles. The number of aryl methyl sites for hydroxylation is 2. The number of esters is 1. The summed E-state index contributed by atoms with van der Waals surface area (Å²) >= 11 is 1.23. The Morgan fingerprint density at radius 1 is 1.50 bits per heavy atom. The van der Waals surface area contributed by atoms with Crippen LogP contribution in [-0.2, 0) is 10.5 Å². The molecular formula is C12H13N3O4S. The second-order valence-corrected chi connectivity index (χ2v) is 5.02. The standard InChI is InChI=1S/C12H13N3O4S/c1-6-4-8(15-19-6)5-20-10-9(11(16)18-3)7(2)13-12(17)14-10/h4H,5H2,1-3H3,(H,13,14,17). The molecule has 0 fully saturated rings. The second kappa shape index (κ2) is 5.91. The van der Waals surface area contributed by atoms with Crippen LogP contribution in [0.25, 0.3) is 0 Å². The summed E-state index contributed by atoms with van der Waals surface area (Å²) in [5, 5.41) is 4.16. The lowest BCUT2D eigenvalue weighted by atomic mass is 10.2. The van der Waals surface area contributed by atoms with Crippen LogP contribution in [0.2, 0.25) is 0 Å². The van der Waals surface area contributed by atoms with Gasteiger partial charge in [-0.1, -0.05) is 16.9 Å². The van der Waals surface area contributed by atoms with Crippen molar-refractivity contribution in [3.8, 4) is 0 Å². The third-order valence-electron chi connectivity index (χ3n) is 2.51. The molecule has 0 radical (unpaired) electrons. The number of hydrogen-bond acceptors (Lipinski definition) is 7. The van der Waals surface area contributed by atoms with Crippen molar-refractivity contribution < 1.29 is 14.1 Å². The molecule has 0 aromatic carbocycles. The molecule has 2 aromatic rings. The summed E-state index contributed by atoms with van der Waals surface area (Å²) in [6.07, 6.45) is 0. The van der Waals surface area contributed by atoms with Gasteiger partial charge in [0.1, 0.15) is 16.3 Å². The summed E-state index contributed by atoms with van der Waals surface area (Å²) in [7, 11) is 1.28. The summed E-state index contributed by atoms with van der Waals surface area (Å²) in [4.78, 5) is 29.5. The number of nitrogens with zero attached hydrogens (tertiary/aromatic N) is 2. The van der Waals surface area contributed by atoms with Gasteiger partial charge in [0.05, 0.1) is 12.8 Å². The van der Waals surface area contributed by atoms with E-state index in [1.165, 1.54) is 18.9 Å². The first-order chi connectivity index (χ1) is 9.51. The van der Waals surface area contributed by atoms with Gasteiger partial charge in [-0.3, -0.25) is 0 Å². The summed E-state index contributed by atoms with van der Waals surface area (Å²) in [5.74, 6) is 0.603. The molecule has 0 aliphatic rings. The molecule has 106 valence electrons. The van der Waals surface area contributed by atoms with Crippen molar-refractivity contribution in [1.29, 1.82) is 0 Å². The molecule has 2 rings (SSSR count). The third kappa shape index (κ3) is 3.08. The van der Waals surface area contributed by atoms with Gasteiger partial charge in [0.25, 0.3) is 0 Å². The topological polar surface area (TPSA) is 98.1 Å². The predicted molar refractivity (Wildman–Crippen MR) is 71.7 cm³/mol. The number of carbonyl (C=O) groups excluding carboxylic acids is 1. The van der Waals surface area contributed by atoms with Gasteiger partial charge in [-0.2, -0.15) is 4.98 Å². The maximum atomic E-state index is 11.8. The minimum atomic E-state index is -0.537. The van der Waals surface area contributed by atoms with E-state index in [1.54, 1.807) is 19.9 Å². The van der Waals surface area contributed by atoms with Crippen molar-refractivity contribution in [2.45, 2.75) is 24.6 Å². The van der Waals surface area contributed by atoms with E-state index in [-0.39, 0.29) is 5.56 Å². The largest absolute Gasteiger partial charge is 0.465 e. The SMILES string of the molecule is COC(=O)c1c(SCc2cc(C)on2)nc(=O)[nH]c1C. The van der Waals surface area contributed by atoms with Crippen LogP contribution < -0.4 is 5.69 Å². The Morgan fingerprint density at radius 3 is 2.85 bits per heavy atom. The van der Waals surface area contributed by atoms with Gasteiger partial charge in [-0.05, 0) is 13.8 Å². The number of aromatic amines is 1. The highest BCUT2D eigenvalue weighted by atomic mass is 32.2. The van der Waals surface area contributed by atoms with E-state index in [0.717, 1.165) is 0 Å². The predicted octanol–water partition coefficient (Wildman–Crippen LogP) is 1.45. The Bertz CT molecular complexity index is 692. The lowest BCUT2D eigenvalue weighted by Crippen LogP contribution is -2.19. The van der Waals surface area contributed by atoms with Crippen molar-refractivity contribution in [3.63, 3.8) is 0 Å². The van der Waals surface area contributed by atoms with Crippen LogP contribution in [0.1, 0.15) is 27.5 Å². The second-order valence-electron chi connectivity index (χ2n) is 4.06. The van der Waals surface area contributed by atoms with Crippen LogP contribution in [0.4, 0.5) is 0 Å². The Balaban J connectivity index is 2.30. The number of aromatic nitrogens is 3. The zero-order chi connectivity index (χ0) is 14.7. The number of ether oxygens (including phenoxy) is 1. The first kappa shape index (κ1) is 14.3. The number of carbonyl (C=O) groups is 1. The monoisotopic (exact) mass is 295 g/mol.